The van der Waals surface area contributed by atoms with Gasteiger partial charge in [-0.2, -0.15) is 15.4 Å². The lowest BCUT2D eigenvalue weighted by Crippen LogP contribution is -2.13. The highest BCUT2D eigenvalue weighted by Gasteiger charge is 2.17. The van der Waals surface area contributed by atoms with E-state index in [0.29, 0.717) is 12.2 Å². The van der Waals surface area contributed by atoms with Crippen LogP contribution in [0.15, 0.2) is 36.9 Å². The molecule has 3 aromatic rings. The second-order valence-corrected chi connectivity index (χ2v) is 5.61. The number of aromatic nitrogens is 5. The summed E-state index contributed by atoms with van der Waals surface area (Å²) in [5.41, 5.74) is 7.56. The lowest BCUT2D eigenvalue weighted by atomic mass is 10.0. The van der Waals surface area contributed by atoms with Gasteiger partial charge in [-0.3, -0.25) is 4.79 Å². The average molecular weight is 326 g/mol. The minimum absolute atomic E-state index is 0.0469. The Kier molecular flexibility index (Phi) is 4.28. The summed E-state index contributed by atoms with van der Waals surface area (Å²) in [6.07, 6.45) is 5.37. The number of nitrogens with zero attached hydrogens (tertiary/aromatic N) is 4. The first-order valence-corrected chi connectivity index (χ1v) is 7.51. The quantitative estimate of drug-likeness (QED) is 0.714. The van der Waals surface area contributed by atoms with Crippen molar-refractivity contribution in [3.8, 4) is 17.0 Å². The number of imidazole rings is 1. The number of benzene rings is 1. The first-order valence-electron chi connectivity index (χ1n) is 7.51. The Balaban J connectivity index is 2.02. The molecule has 0 fully saturated rings. The molecule has 2 aromatic heterocycles. The van der Waals surface area contributed by atoms with Crippen LogP contribution in [-0.2, 0) is 6.54 Å². The van der Waals surface area contributed by atoms with Gasteiger partial charge in [-0.05, 0) is 32.0 Å². The van der Waals surface area contributed by atoms with Crippen molar-refractivity contribution in [2.45, 2.75) is 26.5 Å². The molecule has 0 saturated heterocycles. The molecule has 0 aliphatic carbocycles. The van der Waals surface area contributed by atoms with Crippen molar-refractivity contribution in [1.29, 1.82) is 0 Å². The number of nitrogens with two attached hydrogens (primary N) is 1. The van der Waals surface area contributed by atoms with E-state index < -0.39 is 5.91 Å². The summed E-state index contributed by atoms with van der Waals surface area (Å²) in [5.74, 6) is 0.143. The SMILES string of the molecule is CC(C)Oc1ccc(-c2n[nH]nc2C(N)=O)cc1Cn1ccnc1. The van der Waals surface area contributed by atoms with Crippen LogP contribution in [0.1, 0.15) is 29.9 Å². The molecule has 0 spiro atoms. The molecule has 3 N–H and O–H groups in total. The van der Waals surface area contributed by atoms with Gasteiger partial charge >= 0.3 is 0 Å². The van der Waals surface area contributed by atoms with Gasteiger partial charge in [-0.25, -0.2) is 4.98 Å². The average Bonchev–Trinajstić information content (AvgIpc) is 3.19. The number of ether oxygens (including phenoxy) is 1. The number of rotatable bonds is 6. The number of hydrogen-bond acceptors (Lipinski definition) is 5. The van der Waals surface area contributed by atoms with E-state index in [0.717, 1.165) is 16.9 Å². The number of nitrogens with one attached hydrogen (secondary N) is 1. The summed E-state index contributed by atoms with van der Waals surface area (Å²) in [4.78, 5) is 15.5. The van der Waals surface area contributed by atoms with Crippen molar-refractivity contribution >= 4 is 5.91 Å². The van der Waals surface area contributed by atoms with Crippen molar-refractivity contribution in [3.05, 3.63) is 48.2 Å². The van der Waals surface area contributed by atoms with Crippen LogP contribution in [0.5, 0.6) is 5.75 Å². The van der Waals surface area contributed by atoms with E-state index in [1.54, 1.807) is 12.5 Å². The molecule has 0 aliphatic heterocycles. The van der Waals surface area contributed by atoms with Gasteiger partial charge in [0.1, 0.15) is 11.4 Å². The topological polar surface area (TPSA) is 112 Å². The second-order valence-electron chi connectivity index (χ2n) is 5.61. The van der Waals surface area contributed by atoms with Crippen LogP contribution in [0.3, 0.4) is 0 Å². The molecule has 8 nitrogen and oxygen atoms in total. The molecule has 2 heterocycles. The summed E-state index contributed by atoms with van der Waals surface area (Å²) in [6, 6.07) is 5.61. The Morgan fingerprint density at radius 2 is 2.21 bits per heavy atom. The van der Waals surface area contributed by atoms with Crippen molar-refractivity contribution < 1.29 is 9.53 Å². The summed E-state index contributed by atoms with van der Waals surface area (Å²) in [7, 11) is 0. The Hall–Kier alpha value is -3.16. The molecule has 1 aromatic carbocycles. The standard InChI is InChI=1S/C16H18N6O2/c1-10(2)24-13-4-3-11(14-15(16(17)23)20-21-19-14)7-12(13)8-22-6-5-18-9-22/h3-7,9-10H,8H2,1-2H3,(H2,17,23)(H,19,20,21). The lowest BCUT2D eigenvalue weighted by Gasteiger charge is -2.15. The summed E-state index contributed by atoms with van der Waals surface area (Å²) >= 11 is 0. The Labute approximate surface area is 138 Å². The van der Waals surface area contributed by atoms with Crippen LogP contribution in [0, 0.1) is 0 Å². The van der Waals surface area contributed by atoms with Crippen LogP contribution in [0.4, 0.5) is 0 Å². The molecule has 0 aliphatic rings. The number of primary amides is 1. The first-order chi connectivity index (χ1) is 11.5. The van der Waals surface area contributed by atoms with Gasteiger partial charge in [0.25, 0.3) is 5.91 Å². The predicted octanol–water partition coefficient (Wildman–Crippen LogP) is 1.60. The molecule has 1 amide bonds. The maximum absolute atomic E-state index is 11.5. The second kappa shape index (κ2) is 6.53. The minimum atomic E-state index is -0.627. The number of amides is 1. The van der Waals surface area contributed by atoms with E-state index in [-0.39, 0.29) is 11.8 Å². The Morgan fingerprint density at radius 3 is 2.88 bits per heavy atom. The van der Waals surface area contributed by atoms with Crippen LogP contribution >= 0.6 is 0 Å². The largest absolute Gasteiger partial charge is 0.491 e. The van der Waals surface area contributed by atoms with Crippen molar-refractivity contribution in [1.82, 2.24) is 25.0 Å². The van der Waals surface area contributed by atoms with E-state index in [1.807, 2.05) is 42.8 Å². The molecular formula is C16H18N6O2. The summed E-state index contributed by atoms with van der Waals surface area (Å²) in [5, 5.41) is 10.3. The van der Waals surface area contributed by atoms with Gasteiger partial charge in [-0.15, -0.1) is 0 Å². The normalized spacial score (nSPS) is 11.0. The van der Waals surface area contributed by atoms with Gasteiger partial charge in [0.05, 0.1) is 19.0 Å². The molecule has 3 rings (SSSR count). The van der Waals surface area contributed by atoms with Gasteiger partial charge in [0.15, 0.2) is 5.69 Å². The van der Waals surface area contributed by atoms with E-state index >= 15 is 0 Å². The number of aromatic amines is 1. The zero-order valence-corrected chi connectivity index (χ0v) is 13.4. The molecule has 0 bridgehead atoms. The maximum atomic E-state index is 11.5. The number of carbonyl (C=O) groups excluding carboxylic acids is 1. The Bertz CT molecular complexity index is 838. The maximum Gasteiger partial charge on any atom is 0.271 e. The first kappa shape index (κ1) is 15.7. The fourth-order valence-electron chi connectivity index (χ4n) is 2.40. The predicted molar refractivity (Wildman–Crippen MR) is 87.4 cm³/mol. The van der Waals surface area contributed by atoms with Crippen LogP contribution in [0.2, 0.25) is 0 Å². The molecular weight excluding hydrogens is 308 g/mol. The molecule has 0 atom stereocenters. The van der Waals surface area contributed by atoms with Crippen LogP contribution < -0.4 is 10.5 Å². The van der Waals surface area contributed by atoms with Gasteiger partial charge in [0.2, 0.25) is 0 Å². The molecule has 24 heavy (non-hydrogen) atoms. The highest BCUT2D eigenvalue weighted by molar-refractivity contribution is 5.96. The number of hydrogen-bond donors (Lipinski definition) is 2. The Morgan fingerprint density at radius 1 is 1.38 bits per heavy atom. The molecule has 8 heteroatoms. The molecule has 0 unspecified atom stereocenters. The smallest absolute Gasteiger partial charge is 0.271 e. The third-order valence-electron chi connectivity index (χ3n) is 3.39. The minimum Gasteiger partial charge on any atom is -0.491 e. The third-order valence-corrected chi connectivity index (χ3v) is 3.39. The number of H-pyrrole nitrogens is 1. The van der Waals surface area contributed by atoms with Crippen LogP contribution in [0.25, 0.3) is 11.3 Å². The lowest BCUT2D eigenvalue weighted by molar-refractivity contribution is 0.0996. The van der Waals surface area contributed by atoms with E-state index in [9.17, 15) is 4.79 Å². The van der Waals surface area contributed by atoms with E-state index in [2.05, 4.69) is 20.4 Å². The van der Waals surface area contributed by atoms with Gasteiger partial charge in [-0.1, -0.05) is 0 Å². The fraction of sp³-hybridized carbons (Fsp3) is 0.250. The third kappa shape index (κ3) is 3.27. The van der Waals surface area contributed by atoms with Crippen molar-refractivity contribution in [3.63, 3.8) is 0 Å². The fourth-order valence-corrected chi connectivity index (χ4v) is 2.40. The highest BCUT2D eigenvalue weighted by Crippen LogP contribution is 2.28. The zero-order chi connectivity index (χ0) is 17.1. The van der Waals surface area contributed by atoms with E-state index in [1.165, 1.54) is 0 Å². The monoisotopic (exact) mass is 326 g/mol. The van der Waals surface area contributed by atoms with Gasteiger partial charge in [0, 0.05) is 23.5 Å². The van der Waals surface area contributed by atoms with Crippen molar-refractivity contribution in [2.75, 3.05) is 0 Å². The summed E-state index contributed by atoms with van der Waals surface area (Å²) < 4.78 is 7.81. The van der Waals surface area contributed by atoms with Gasteiger partial charge < -0.3 is 15.0 Å². The molecule has 124 valence electrons. The van der Waals surface area contributed by atoms with E-state index in [4.69, 9.17) is 10.5 Å². The van der Waals surface area contributed by atoms with Crippen molar-refractivity contribution in [2.24, 2.45) is 5.73 Å². The molecule has 0 radical (unpaired) electrons. The number of carbonyl (C=O) groups is 1. The summed E-state index contributed by atoms with van der Waals surface area (Å²) in [6.45, 7) is 4.52. The highest BCUT2D eigenvalue weighted by atomic mass is 16.5. The van der Waals surface area contributed by atoms with Crippen LogP contribution in [-0.4, -0.2) is 37.0 Å². The zero-order valence-electron chi connectivity index (χ0n) is 13.4. The molecule has 0 saturated carbocycles.